The maximum absolute atomic E-state index is 13.3. The number of methoxy groups -OCH3 is 3. The fourth-order valence-corrected chi connectivity index (χ4v) is 15.7. The Labute approximate surface area is 462 Å². The Morgan fingerprint density at radius 3 is 1.89 bits per heavy atom. The molecule has 9 rings (SSSR count). The first-order valence-corrected chi connectivity index (χ1v) is 28.5. The monoisotopic (exact) mass is 1120 g/mol. The number of fused-ring (bicyclic) bond motifs is 5. The molecule has 4 aliphatic carbocycles. The number of aliphatic hydroxyl groups is 7. The van der Waals surface area contributed by atoms with Gasteiger partial charge >= 0.3 is 11.9 Å². The van der Waals surface area contributed by atoms with E-state index >= 15 is 0 Å². The predicted octanol–water partition coefficient (Wildman–Crippen LogP) is 2.42. The lowest BCUT2D eigenvalue weighted by Gasteiger charge is -2.66. The van der Waals surface area contributed by atoms with Crippen molar-refractivity contribution in [3.63, 3.8) is 0 Å². The Balaban J connectivity index is 0.792. The zero-order valence-corrected chi connectivity index (χ0v) is 47.3. The van der Waals surface area contributed by atoms with E-state index in [1.165, 1.54) is 14.0 Å². The fourth-order valence-electron chi connectivity index (χ4n) is 15.7. The molecule has 1 aromatic rings. The molecule has 0 amide bonds. The Bertz CT molecular complexity index is 2210. The van der Waals surface area contributed by atoms with Crippen molar-refractivity contribution in [1.82, 2.24) is 0 Å². The van der Waals surface area contributed by atoms with Crippen molar-refractivity contribution < 1.29 is 107 Å². The molecule has 28 atom stereocenters. The molecule has 1 aromatic carbocycles. The minimum Gasteiger partial charge on any atom is -0.462 e. The van der Waals surface area contributed by atoms with Crippen molar-refractivity contribution in [2.24, 2.45) is 28.6 Å². The maximum Gasteiger partial charge on any atom is 0.338 e. The summed E-state index contributed by atoms with van der Waals surface area (Å²) in [6, 6.07) is 8.60. The standard InChI is InChI=1S/C57H88O22/c1-27-47(77-42-25-38(68-9)48(28(2)71-42)78-53-46(63)50(69-10)49(29(3)72-53)79-52-45(62)44(61)43(60)39(26-58)76-52)37(67-8)24-41(70-27)75-34-18-19-54(6)33(22-34)16-17-35-36(54)23-40(74-31(5)59)55(7)56(65,20-21-57(35,55)66)30(4)73-51(64)32-14-12-11-13-15-32/h11-15,27-30,33-50,52-53,58,60-63,65-66H,16-26H2,1-10H3. The van der Waals surface area contributed by atoms with Crippen LogP contribution in [0, 0.1) is 28.6 Å². The summed E-state index contributed by atoms with van der Waals surface area (Å²) in [6.45, 7) is 11.9. The van der Waals surface area contributed by atoms with Crippen LogP contribution in [0.5, 0.6) is 0 Å². The first kappa shape index (κ1) is 61.0. The number of carbonyl (C=O) groups is 2. The molecule has 79 heavy (non-hydrogen) atoms. The van der Waals surface area contributed by atoms with Gasteiger partial charge in [0.1, 0.15) is 72.7 Å². The van der Waals surface area contributed by atoms with Gasteiger partial charge in [-0.3, -0.25) is 4.79 Å². The summed E-state index contributed by atoms with van der Waals surface area (Å²) < 4.78 is 80.3. The maximum atomic E-state index is 13.3. The summed E-state index contributed by atoms with van der Waals surface area (Å²) in [4.78, 5) is 26.2. The highest BCUT2D eigenvalue weighted by atomic mass is 16.8. The van der Waals surface area contributed by atoms with E-state index in [9.17, 15) is 45.3 Å². The number of hydrogen-bond donors (Lipinski definition) is 7. The molecule has 0 bridgehead atoms. The van der Waals surface area contributed by atoms with Crippen molar-refractivity contribution in [3.8, 4) is 0 Å². The van der Waals surface area contributed by atoms with Crippen LogP contribution >= 0.6 is 0 Å². The van der Waals surface area contributed by atoms with Crippen molar-refractivity contribution in [1.29, 1.82) is 0 Å². The Kier molecular flexibility index (Phi) is 18.7. The minimum atomic E-state index is -1.68. The first-order chi connectivity index (χ1) is 37.5. The van der Waals surface area contributed by atoms with Crippen LogP contribution in [0.2, 0.25) is 0 Å². The van der Waals surface area contributed by atoms with E-state index in [1.54, 1.807) is 65.3 Å². The van der Waals surface area contributed by atoms with Gasteiger partial charge in [0.2, 0.25) is 0 Å². The summed E-state index contributed by atoms with van der Waals surface area (Å²) in [7, 11) is 4.54. The fraction of sp³-hybridized carbons (Fsp3) is 0.860. The smallest absolute Gasteiger partial charge is 0.338 e. The highest BCUT2D eigenvalue weighted by molar-refractivity contribution is 5.89. The van der Waals surface area contributed by atoms with E-state index in [0.29, 0.717) is 24.8 Å². The highest BCUT2D eigenvalue weighted by Gasteiger charge is 2.77. The van der Waals surface area contributed by atoms with E-state index < -0.39 is 158 Å². The summed E-state index contributed by atoms with van der Waals surface area (Å²) >= 11 is 0. The molecule has 4 heterocycles. The second-order valence-electron chi connectivity index (χ2n) is 24.3. The number of benzene rings is 1. The van der Waals surface area contributed by atoms with E-state index in [4.69, 9.17) is 61.6 Å². The molecule has 0 radical (unpaired) electrons. The van der Waals surface area contributed by atoms with E-state index in [2.05, 4.69) is 6.92 Å². The van der Waals surface area contributed by atoms with Gasteiger partial charge in [-0.05, 0) is 114 Å². The van der Waals surface area contributed by atoms with Crippen molar-refractivity contribution in [3.05, 3.63) is 35.9 Å². The lowest BCUT2D eigenvalue weighted by molar-refractivity contribution is -0.373. The highest BCUT2D eigenvalue weighted by Crippen LogP contribution is 2.71. The second-order valence-corrected chi connectivity index (χ2v) is 24.3. The van der Waals surface area contributed by atoms with Gasteiger partial charge < -0.3 is 97.3 Å². The number of hydrogen-bond acceptors (Lipinski definition) is 22. The SMILES string of the molecule is COC1CC(OC2CCC3(C)C(CCC4C3CC(OC(C)=O)C3(C)C(O)(C(C)OC(=O)c5ccccc5)CCC43O)C2)OC(C)C1OC1CC(OC)C(OC2OC(C)C(OC3OC(CO)C(O)C(O)C3O)C(OC)C2O)C(C)O1. The Hall–Kier alpha value is -2.56. The normalized spacial score (nSPS) is 49.4. The van der Waals surface area contributed by atoms with Gasteiger partial charge in [0.25, 0.3) is 0 Å². The number of carbonyl (C=O) groups excluding carboxylic acids is 2. The first-order valence-electron chi connectivity index (χ1n) is 28.5. The summed E-state index contributed by atoms with van der Waals surface area (Å²) in [6.07, 6.45) is -14.5. The van der Waals surface area contributed by atoms with Crippen LogP contribution in [0.1, 0.15) is 123 Å². The molecule has 22 heteroatoms. The molecule has 4 saturated heterocycles. The van der Waals surface area contributed by atoms with Crippen molar-refractivity contribution >= 4 is 11.9 Å². The topological polar surface area (TPSA) is 296 Å². The van der Waals surface area contributed by atoms with Gasteiger partial charge in [-0.15, -0.1) is 0 Å². The van der Waals surface area contributed by atoms with Gasteiger partial charge in [-0.1, -0.05) is 32.0 Å². The van der Waals surface area contributed by atoms with Crippen molar-refractivity contribution in [2.75, 3.05) is 27.9 Å². The van der Waals surface area contributed by atoms with Crippen LogP contribution in [0.15, 0.2) is 30.3 Å². The van der Waals surface area contributed by atoms with E-state index in [1.807, 2.05) is 13.8 Å². The van der Waals surface area contributed by atoms with Gasteiger partial charge in [0.15, 0.2) is 25.2 Å². The molecule has 4 saturated carbocycles. The van der Waals surface area contributed by atoms with Crippen LogP contribution in [0.4, 0.5) is 0 Å². The van der Waals surface area contributed by atoms with E-state index in [0.717, 1.165) is 25.7 Å². The molecular formula is C57H88O22. The van der Waals surface area contributed by atoms with Crippen LogP contribution in [0.3, 0.4) is 0 Å². The van der Waals surface area contributed by atoms with Gasteiger partial charge in [-0.25, -0.2) is 4.79 Å². The van der Waals surface area contributed by atoms with Crippen LogP contribution in [-0.4, -0.2) is 216 Å². The van der Waals surface area contributed by atoms with Crippen LogP contribution in [0.25, 0.3) is 0 Å². The summed E-state index contributed by atoms with van der Waals surface area (Å²) in [5.74, 6) is -1.05. The molecule has 4 aliphatic heterocycles. The third kappa shape index (κ3) is 11.1. The molecule has 0 aromatic heterocycles. The van der Waals surface area contributed by atoms with Gasteiger partial charge in [0, 0.05) is 41.1 Å². The molecule has 0 spiro atoms. The Morgan fingerprint density at radius 2 is 1.27 bits per heavy atom. The lowest BCUT2D eigenvalue weighted by atomic mass is 9.42. The number of ether oxygens (including phenoxy) is 13. The molecule has 8 fully saturated rings. The predicted molar refractivity (Wildman–Crippen MR) is 274 cm³/mol. The van der Waals surface area contributed by atoms with Crippen molar-refractivity contribution in [2.45, 2.75) is 253 Å². The number of rotatable bonds is 16. The average Bonchev–Trinajstić information content (AvgIpc) is 2.12. The van der Waals surface area contributed by atoms with Crippen LogP contribution in [-0.2, 0) is 66.4 Å². The Morgan fingerprint density at radius 1 is 0.658 bits per heavy atom. The lowest BCUT2D eigenvalue weighted by Crippen LogP contribution is -2.72. The molecule has 28 unspecified atom stereocenters. The number of esters is 2. The minimum absolute atomic E-state index is 0.0206. The zero-order valence-electron chi connectivity index (χ0n) is 47.3. The second kappa shape index (κ2) is 24.2. The molecule has 448 valence electrons. The quantitative estimate of drug-likeness (QED) is 0.0924. The molecule has 8 aliphatic rings. The largest absolute Gasteiger partial charge is 0.462 e. The molecule has 22 nitrogen and oxygen atoms in total. The summed E-state index contributed by atoms with van der Waals surface area (Å²) in [5, 5.41) is 78.3. The molecular weight excluding hydrogens is 1040 g/mol. The summed E-state index contributed by atoms with van der Waals surface area (Å²) in [5.41, 5.74) is -4.30. The van der Waals surface area contributed by atoms with Gasteiger partial charge in [0.05, 0.1) is 59.8 Å². The number of aliphatic hydroxyl groups excluding tert-OH is 5. The molecule has 7 N–H and O–H groups in total. The zero-order chi connectivity index (χ0) is 57.1. The van der Waals surface area contributed by atoms with Crippen LogP contribution < -0.4 is 0 Å². The van der Waals surface area contributed by atoms with E-state index in [-0.39, 0.29) is 48.5 Å². The third-order valence-corrected chi connectivity index (χ3v) is 20.3. The average molecular weight is 1130 g/mol. The van der Waals surface area contributed by atoms with Gasteiger partial charge in [-0.2, -0.15) is 0 Å². The third-order valence-electron chi connectivity index (χ3n) is 20.3.